The summed E-state index contributed by atoms with van der Waals surface area (Å²) in [7, 11) is 0. The van der Waals surface area contributed by atoms with E-state index in [-0.39, 0.29) is 12.5 Å². The van der Waals surface area contributed by atoms with Crippen molar-refractivity contribution in [3.8, 4) is 11.8 Å². The first-order valence-corrected chi connectivity index (χ1v) is 6.55. The zero-order valence-electron chi connectivity index (χ0n) is 12.0. The zero-order valence-corrected chi connectivity index (χ0v) is 12.0. The van der Waals surface area contributed by atoms with Crippen molar-refractivity contribution in [2.75, 3.05) is 11.9 Å². The first-order chi connectivity index (χ1) is 10.1. The number of aromatic nitrogens is 1. The van der Waals surface area contributed by atoms with Crippen molar-refractivity contribution < 1.29 is 9.90 Å². The quantitative estimate of drug-likeness (QED) is 0.830. The molecule has 1 heterocycles. The van der Waals surface area contributed by atoms with Crippen molar-refractivity contribution in [2.24, 2.45) is 0 Å². The number of aliphatic hydroxyl groups is 1. The lowest BCUT2D eigenvalue weighted by atomic mass is 10.0. The molecule has 2 aromatic rings. The SMILES string of the molecule is Cc1cccc(C(=O)Nc2cc(C#CCO)ccn2)c1C. The van der Waals surface area contributed by atoms with Crippen LogP contribution in [0.15, 0.2) is 36.5 Å². The number of aryl methyl sites for hydroxylation is 1. The van der Waals surface area contributed by atoms with Gasteiger partial charge in [-0.15, -0.1) is 0 Å². The summed E-state index contributed by atoms with van der Waals surface area (Å²) in [6.07, 6.45) is 1.57. The van der Waals surface area contributed by atoms with Crippen LogP contribution in [0, 0.1) is 25.7 Å². The van der Waals surface area contributed by atoms with Crippen molar-refractivity contribution in [3.05, 3.63) is 58.8 Å². The van der Waals surface area contributed by atoms with Gasteiger partial charge in [0.15, 0.2) is 0 Å². The Kier molecular flexibility index (Phi) is 4.70. The van der Waals surface area contributed by atoms with Gasteiger partial charge < -0.3 is 10.4 Å². The number of nitrogens with one attached hydrogen (secondary N) is 1. The molecule has 0 aliphatic heterocycles. The van der Waals surface area contributed by atoms with Crippen LogP contribution in [0.4, 0.5) is 5.82 Å². The normalized spacial score (nSPS) is 9.67. The van der Waals surface area contributed by atoms with Crippen LogP contribution in [0.5, 0.6) is 0 Å². The molecule has 2 rings (SSSR count). The summed E-state index contributed by atoms with van der Waals surface area (Å²) in [5.41, 5.74) is 3.34. The largest absolute Gasteiger partial charge is 0.384 e. The molecule has 0 saturated carbocycles. The van der Waals surface area contributed by atoms with Crippen molar-refractivity contribution in [1.29, 1.82) is 0 Å². The molecule has 2 N–H and O–H groups in total. The van der Waals surface area contributed by atoms with Crippen molar-refractivity contribution in [3.63, 3.8) is 0 Å². The van der Waals surface area contributed by atoms with Gasteiger partial charge in [-0.05, 0) is 43.2 Å². The van der Waals surface area contributed by atoms with Gasteiger partial charge in [0.05, 0.1) is 0 Å². The fraction of sp³-hybridized carbons (Fsp3) is 0.176. The third kappa shape index (κ3) is 3.68. The Hall–Kier alpha value is -2.64. The summed E-state index contributed by atoms with van der Waals surface area (Å²) in [5, 5.41) is 11.5. The standard InChI is InChI=1S/C17H16N2O2/c1-12-5-3-7-15(13(12)2)17(21)19-16-11-14(6-4-10-20)8-9-18-16/h3,5,7-9,11,20H,10H2,1-2H3,(H,18,19,21). The highest BCUT2D eigenvalue weighted by molar-refractivity contribution is 6.05. The minimum absolute atomic E-state index is 0.198. The van der Waals surface area contributed by atoms with E-state index >= 15 is 0 Å². The number of hydrogen-bond donors (Lipinski definition) is 2. The molecule has 4 nitrogen and oxygen atoms in total. The van der Waals surface area contributed by atoms with E-state index < -0.39 is 0 Å². The number of rotatable bonds is 2. The van der Waals surface area contributed by atoms with E-state index in [2.05, 4.69) is 22.1 Å². The zero-order chi connectivity index (χ0) is 15.2. The number of hydrogen-bond acceptors (Lipinski definition) is 3. The average Bonchev–Trinajstić information content (AvgIpc) is 2.48. The van der Waals surface area contributed by atoms with E-state index in [1.54, 1.807) is 24.4 Å². The second-order valence-electron chi connectivity index (χ2n) is 4.59. The molecule has 0 saturated heterocycles. The molecule has 1 amide bonds. The van der Waals surface area contributed by atoms with Crippen LogP contribution in [-0.2, 0) is 0 Å². The van der Waals surface area contributed by atoms with Gasteiger partial charge in [0.2, 0.25) is 0 Å². The van der Waals surface area contributed by atoms with E-state index in [0.29, 0.717) is 16.9 Å². The van der Waals surface area contributed by atoms with Crippen LogP contribution >= 0.6 is 0 Å². The Balaban J connectivity index is 2.22. The molecule has 0 spiro atoms. The maximum Gasteiger partial charge on any atom is 0.257 e. The highest BCUT2D eigenvalue weighted by Crippen LogP contribution is 2.15. The van der Waals surface area contributed by atoms with E-state index in [1.165, 1.54) is 0 Å². The summed E-state index contributed by atoms with van der Waals surface area (Å²) in [6.45, 7) is 3.68. The minimum atomic E-state index is -0.202. The first kappa shape index (κ1) is 14.8. The molecule has 0 fully saturated rings. The molecular weight excluding hydrogens is 264 g/mol. The smallest absolute Gasteiger partial charge is 0.257 e. The lowest BCUT2D eigenvalue weighted by Gasteiger charge is -2.09. The number of nitrogens with zero attached hydrogens (tertiary/aromatic N) is 1. The Bertz CT molecular complexity index is 727. The Morgan fingerprint density at radius 1 is 1.33 bits per heavy atom. The molecule has 0 atom stereocenters. The van der Waals surface area contributed by atoms with Gasteiger partial charge in [0.25, 0.3) is 5.91 Å². The molecule has 1 aromatic heterocycles. The third-order valence-corrected chi connectivity index (χ3v) is 3.16. The summed E-state index contributed by atoms with van der Waals surface area (Å²) in [5.74, 6) is 5.57. The second kappa shape index (κ2) is 6.69. The predicted octanol–water partition coefficient (Wildman–Crippen LogP) is 2.29. The van der Waals surface area contributed by atoms with Crippen LogP contribution in [0.25, 0.3) is 0 Å². The van der Waals surface area contributed by atoms with Crippen LogP contribution in [0.1, 0.15) is 27.0 Å². The lowest BCUT2D eigenvalue weighted by molar-refractivity contribution is 0.102. The average molecular weight is 280 g/mol. The minimum Gasteiger partial charge on any atom is -0.384 e. The Morgan fingerprint density at radius 3 is 2.90 bits per heavy atom. The van der Waals surface area contributed by atoms with Gasteiger partial charge >= 0.3 is 0 Å². The molecule has 0 bridgehead atoms. The molecule has 0 radical (unpaired) electrons. The number of anilines is 1. The molecular formula is C17H16N2O2. The first-order valence-electron chi connectivity index (χ1n) is 6.55. The van der Waals surface area contributed by atoms with Crippen LogP contribution in [0.2, 0.25) is 0 Å². The second-order valence-corrected chi connectivity index (χ2v) is 4.59. The maximum absolute atomic E-state index is 12.3. The topological polar surface area (TPSA) is 62.2 Å². The van der Waals surface area contributed by atoms with Crippen molar-refractivity contribution in [1.82, 2.24) is 4.98 Å². The highest BCUT2D eigenvalue weighted by Gasteiger charge is 2.10. The molecule has 21 heavy (non-hydrogen) atoms. The highest BCUT2D eigenvalue weighted by atomic mass is 16.2. The van der Waals surface area contributed by atoms with Gasteiger partial charge in [0, 0.05) is 17.3 Å². The summed E-state index contributed by atoms with van der Waals surface area (Å²) < 4.78 is 0. The summed E-state index contributed by atoms with van der Waals surface area (Å²) >= 11 is 0. The van der Waals surface area contributed by atoms with Crippen LogP contribution < -0.4 is 5.32 Å². The lowest BCUT2D eigenvalue weighted by Crippen LogP contribution is -2.14. The fourth-order valence-electron chi connectivity index (χ4n) is 1.90. The fourth-order valence-corrected chi connectivity index (χ4v) is 1.90. The van der Waals surface area contributed by atoms with Gasteiger partial charge in [-0.2, -0.15) is 0 Å². The number of aliphatic hydroxyl groups excluding tert-OH is 1. The Morgan fingerprint density at radius 2 is 2.14 bits per heavy atom. The van der Waals surface area contributed by atoms with Crippen molar-refractivity contribution >= 4 is 11.7 Å². The van der Waals surface area contributed by atoms with Crippen LogP contribution in [0.3, 0.4) is 0 Å². The summed E-state index contributed by atoms with van der Waals surface area (Å²) in [4.78, 5) is 16.4. The summed E-state index contributed by atoms with van der Waals surface area (Å²) in [6, 6.07) is 9.00. The molecule has 0 unspecified atom stereocenters. The molecule has 106 valence electrons. The van der Waals surface area contributed by atoms with Gasteiger partial charge in [-0.3, -0.25) is 4.79 Å². The van der Waals surface area contributed by atoms with Crippen LogP contribution in [-0.4, -0.2) is 22.6 Å². The van der Waals surface area contributed by atoms with E-state index in [0.717, 1.165) is 11.1 Å². The predicted molar refractivity (Wildman–Crippen MR) is 82.1 cm³/mol. The molecule has 4 heteroatoms. The number of carbonyl (C=O) groups is 1. The number of amides is 1. The number of benzene rings is 1. The van der Waals surface area contributed by atoms with E-state index in [1.807, 2.05) is 26.0 Å². The van der Waals surface area contributed by atoms with Gasteiger partial charge in [-0.25, -0.2) is 4.98 Å². The van der Waals surface area contributed by atoms with Crippen molar-refractivity contribution in [2.45, 2.75) is 13.8 Å². The third-order valence-electron chi connectivity index (χ3n) is 3.16. The molecule has 0 aliphatic rings. The monoisotopic (exact) mass is 280 g/mol. The maximum atomic E-state index is 12.3. The van der Waals surface area contributed by atoms with E-state index in [4.69, 9.17) is 5.11 Å². The van der Waals surface area contributed by atoms with Gasteiger partial charge in [-0.1, -0.05) is 24.0 Å². The number of pyridine rings is 1. The number of carbonyl (C=O) groups excluding carboxylic acids is 1. The van der Waals surface area contributed by atoms with Gasteiger partial charge in [0.1, 0.15) is 12.4 Å². The molecule has 0 aliphatic carbocycles. The van der Waals surface area contributed by atoms with E-state index in [9.17, 15) is 4.79 Å². The Labute approximate surface area is 123 Å². The molecule has 1 aromatic carbocycles.